The maximum atomic E-state index is 5.42. The van der Waals surface area contributed by atoms with Crippen molar-refractivity contribution in [2.45, 2.75) is 19.5 Å². The molecule has 0 aromatic heterocycles. The van der Waals surface area contributed by atoms with Gasteiger partial charge in [-0.3, -0.25) is 4.90 Å². The van der Waals surface area contributed by atoms with Crippen molar-refractivity contribution in [2.24, 2.45) is 0 Å². The molecule has 1 aliphatic rings. The standard InChI is InChI=1S/C14H22N2O2.ClH/c1-11-9-15-6-7-16(11)10-12-8-13(17-2)4-5-14(12)18-3;/h4-5,8,11,15H,6-7,9-10H2,1-3H3;1H/t11-;/m0./s1. The molecule has 1 aromatic carbocycles. The number of methoxy groups -OCH3 is 2. The van der Waals surface area contributed by atoms with Gasteiger partial charge in [-0.15, -0.1) is 12.4 Å². The molecule has 0 unspecified atom stereocenters. The first kappa shape index (κ1) is 16.1. The van der Waals surface area contributed by atoms with Gasteiger partial charge >= 0.3 is 0 Å². The van der Waals surface area contributed by atoms with Crippen molar-refractivity contribution in [1.29, 1.82) is 0 Å². The summed E-state index contributed by atoms with van der Waals surface area (Å²) in [6.07, 6.45) is 0. The Hall–Kier alpha value is -0.970. The molecule has 0 spiro atoms. The number of hydrogen-bond acceptors (Lipinski definition) is 4. The van der Waals surface area contributed by atoms with Crippen LogP contribution in [0.3, 0.4) is 0 Å². The van der Waals surface area contributed by atoms with Crippen LogP contribution in [-0.4, -0.2) is 44.8 Å². The van der Waals surface area contributed by atoms with E-state index in [2.05, 4.69) is 23.2 Å². The predicted molar refractivity (Wildman–Crippen MR) is 79.5 cm³/mol. The Balaban J connectivity index is 0.00000180. The molecule has 0 aliphatic carbocycles. The van der Waals surface area contributed by atoms with Gasteiger partial charge in [0.25, 0.3) is 0 Å². The lowest BCUT2D eigenvalue weighted by Crippen LogP contribution is -2.49. The minimum atomic E-state index is 0. The fourth-order valence-corrected chi connectivity index (χ4v) is 2.34. The minimum absolute atomic E-state index is 0. The van der Waals surface area contributed by atoms with Crippen molar-refractivity contribution >= 4 is 12.4 Å². The highest BCUT2D eigenvalue weighted by Crippen LogP contribution is 2.26. The first-order valence-electron chi connectivity index (χ1n) is 6.40. The van der Waals surface area contributed by atoms with Gasteiger partial charge in [0.2, 0.25) is 0 Å². The molecule has 1 saturated heterocycles. The van der Waals surface area contributed by atoms with Crippen LogP contribution < -0.4 is 14.8 Å². The van der Waals surface area contributed by atoms with E-state index in [1.54, 1.807) is 14.2 Å². The van der Waals surface area contributed by atoms with Crippen molar-refractivity contribution in [3.63, 3.8) is 0 Å². The number of ether oxygens (including phenoxy) is 2. The molecular weight excluding hydrogens is 264 g/mol. The summed E-state index contributed by atoms with van der Waals surface area (Å²) in [4.78, 5) is 2.47. The normalized spacial score (nSPS) is 19.6. The highest BCUT2D eigenvalue weighted by atomic mass is 35.5. The quantitative estimate of drug-likeness (QED) is 0.917. The zero-order valence-electron chi connectivity index (χ0n) is 11.8. The fraction of sp³-hybridized carbons (Fsp3) is 0.571. The van der Waals surface area contributed by atoms with Gasteiger partial charge < -0.3 is 14.8 Å². The smallest absolute Gasteiger partial charge is 0.123 e. The van der Waals surface area contributed by atoms with Gasteiger partial charge in [-0.25, -0.2) is 0 Å². The second kappa shape index (κ2) is 7.58. The first-order valence-corrected chi connectivity index (χ1v) is 6.40. The van der Waals surface area contributed by atoms with Crippen LogP contribution in [0.2, 0.25) is 0 Å². The number of piperazine rings is 1. The summed E-state index contributed by atoms with van der Waals surface area (Å²) in [6, 6.07) is 6.52. The Morgan fingerprint density at radius 1 is 1.32 bits per heavy atom. The predicted octanol–water partition coefficient (Wildman–Crippen LogP) is 1.92. The fourth-order valence-electron chi connectivity index (χ4n) is 2.34. The van der Waals surface area contributed by atoms with Gasteiger partial charge in [0.05, 0.1) is 14.2 Å². The van der Waals surface area contributed by atoms with E-state index in [0.29, 0.717) is 6.04 Å². The zero-order chi connectivity index (χ0) is 13.0. The molecule has 0 amide bonds. The lowest BCUT2D eigenvalue weighted by molar-refractivity contribution is 0.164. The summed E-state index contributed by atoms with van der Waals surface area (Å²) in [5.41, 5.74) is 1.19. The maximum Gasteiger partial charge on any atom is 0.123 e. The van der Waals surface area contributed by atoms with Crippen LogP contribution in [0.25, 0.3) is 0 Å². The molecule has 1 atom stereocenters. The Morgan fingerprint density at radius 3 is 2.74 bits per heavy atom. The molecule has 1 aliphatic heterocycles. The summed E-state index contributed by atoms with van der Waals surface area (Å²) in [5.74, 6) is 1.81. The number of halogens is 1. The number of nitrogens with one attached hydrogen (secondary N) is 1. The van der Waals surface area contributed by atoms with Crippen molar-refractivity contribution in [2.75, 3.05) is 33.9 Å². The monoisotopic (exact) mass is 286 g/mol. The zero-order valence-corrected chi connectivity index (χ0v) is 12.6. The second-order valence-electron chi connectivity index (χ2n) is 4.70. The Morgan fingerprint density at radius 2 is 2.11 bits per heavy atom. The Labute approximate surface area is 121 Å². The van der Waals surface area contributed by atoms with Gasteiger partial charge in [-0.1, -0.05) is 0 Å². The van der Waals surface area contributed by atoms with E-state index < -0.39 is 0 Å². The molecule has 0 radical (unpaired) electrons. The van der Waals surface area contributed by atoms with E-state index in [1.165, 1.54) is 5.56 Å². The molecule has 0 saturated carbocycles. The van der Waals surface area contributed by atoms with E-state index in [-0.39, 0.29) is 12.4 Å². The van der Waals surface area contributed by atoms with Gasteiger partial charge in [-0.2, -0.15) is 0 Å². The summed E-state index contributed by atoms with van der Waals surface area (Å²) in [5, 5.41) is 3.40. The molecule has 108 valence electrons. The largest absolute Gasteiger partial charge is 0.497 e. The molecule has 2 rings (SSSR count). The number of rotatable bonds is 4. The molecule has 1 aromatic rings. The molecule has 5 heteroatoms. The van der Waals surface area contributed by atoms with Crippen molar-refractivity contribution in [1.82, 2.24) is 10.2 Å². The third-order valence-corrected chi connectivity index (χ3v) is 3.50. The number of hydrogen-bond donors (Lipinski definition) is 1. The van der Waals surface area contributed by atoms with E-state index in [4.69, 9.17) is 9.47 Å². The van der Waals surface area contributed by atoms with Crippen LogP contribution in [-0.2, 0) is 6.54 Å². The van der Waals surface area contributed by atoms with Crippen molar-refractivity contribution in [3.8, 4) is 11.5 Å². The summed E-state index contributed by atoms with van der Waals surface area (Å²) in [7, 11) is 3.41. The SMILES string of the molecule is COc1ccc(OC)c(CN2CCNC[C@@H]2C)c1.Cl. The van der Waals surface area contributed by atoms with Crippen LogP contribution in [0, 0.1) is 0 Å². The van der Waals surface area contributed by atoms with Crippen molar-refractivity contribution in [3.05, 3.63) is 23.8 Å². The molecule has 1 heterocycles. The van der Waals surface area contributed by atoms with Gasteiger partial charge in [0.15, 0.2) is 0 Å². The summed E-state index contributed by atoms with van der Waals surface area (Å²) in [6.45, 7) is 6.33. The lowest BCUT2D eigenvalue weighted by Gasteiger charge is -2.34. The molecular formula is C14H23ClN2O2. The number of nitrogens with zero attached hydrogens (tertiary/aromatic N) is 1. The van der Waals surface area contributed by atoms with Crippen molar-refractivity contribution < 1.29 is 9.47 Å². The average molecular weight is 287 g/mol. The van der Waals surface area contributed by atoms with Crippen LogP contribution in [0.15, 0.2) is 18.2 Å². The second-order valence-corrected chi connectivity index (χ2v) is 4.70. The minimum Gasteiger partial charge on any atom is -0.497 e. The molecule has 4 nitrogen and oxygen atoms in total. The van der Waals surface area contributed by atoms with E-state index in [9.17, 15) is 0 Å². The summed E-state index contributed by atoms with van der Waals surface area (Å²) < 4.78 is 10.7. The van der Waals surface area contributed by atoms with Gasteiger partial charge in [0, 0.05) is 37.8 Å². The van der Waals surface area contributed by atoms with E-state index in [0.717, 1.165) is 37.7 Å². The topological polar surface area (TPSA) is 33.7 Å². The van der Waals surface area contributed by atoms with Gasteiger partial charge in [-0.05, 0) is 25.1 Å². The third-order valence-electron chi connectivity index (χ3n) is 3.50. The molecule has 0 bridgehead atoms. The lowest BCUT2D eigenvalue weighted by atomic mass is 10.1. The van der Waals surface area contributed by atoms with Crippen LogP contribution in [0.1, 0.15) is 12.5 Å². The Bertz CT molecular complexity index is 401. The van der Waals surface area contributed by atoms with E-state index >= 15 is 0 Å². The highest BCUT2D eigenvalue weighted by molar-refractivity contribution is 5.85. The van der Waals surface area contributed by atoms with Crippen LogP contribution in [0.4, 0.5) is 0 Å². The summed E-state index contributed by atoms with van der Waals surface area (Å²) >= 11 is 0. The third kappa shape index (κ3) is 4.00. The molecule has 1 fully saturated rings. The molecule has 1 N–H and O–H groups in total. The Kier molecular flexibility index (Phi) is 6.42. The average Bonchev–Trinajstić information content (AvgIpc) is 2.41. The van der Waals surface area contributed by atoms with Crippen LogP contribution >= 0.6 is 12.4 Å². The highest BCUT2D eigenvalue weighted by Gasteiger charge is 2.19. The number of benzene rings is 1. The van der Waals surface area contributed by atoms with E-state index in [1.807, 2.05) is 12.1 Å². The van der Waals surface area contributed by atoms with Crippen LogP contribution in [0.5, 0.6) is 11.5 Å². The first-order chi connectivity index (χ1) is 8.74. The maximum absolute atomic E-state index is 5.42. The van der Waals surface area contributed by atoms with Gasteiger partial charge in [0.1, 0.15) is 11.5 Å². The molecule has 19 heavy (non-hydrogen) atoms.